The number of carboxylic acid groups (broad SMARTS) is 1. The van der Waals surface area contributed by atoms with Gasteiger partial charge in [0.15, 0.2) is 0 Å². The van der Waals surface area contributed by atoms with Crippen LogP contribution in [0.1, 0.15) is 0 Å². The van der Waals surface area contributed by atoms with E-state index in [2.05, 4.69) is 0 Å². The fourth-order valence-corrected chi connectivity index (χ4v) is 1.75. The van der Waals surface area contributed by atoms with Gasteiger partial charge in [0.25, 0.3) is 0 Å². The molecule has 4 heteroatoms. The minimum absolute atomic E-state index is 0.822. The van der Waals surface area contributed by atoms with Crippen molar-refractivity contribution in [2.45, 2.75) is 4.21 Å². The summed E-state index contributed by atoms with van der Waals surface area (Å²) in [7, 11) is 0. The second-order valence-electron chi connectivity index (χ2n) is 1.30. The van der Waals surface area contributed by atoms with Gasteiger partial charge in [0.2, 0.25) is 0 Å². The van der Waals surface area contributed by atoms with Crippen molar-refractivity contribution in [3.63, 3.8) is 0 Å². The normalized spacial score (nSPS) is 9.33. The average molecular weight is 160 g/mol. The van der Waals surface area contributed by atoms with Crippen molar-refractivity contribution >= 4 is 28.4 Å². The summed E-state index contributed by atoms with van der Waals surface area (Å²) in [6, 6.07) is 3.61. The molecule has 1 N–H and O–H groups in total. The standard InChI is InChI=1S/C5H4O2S2/c6-5(7)9-4-2-1-3-8-4/h1-3H,(H,6,7). The smallest absolute Gasteiger partial charge is 0.370 e. The Morgan fingerprint density at radius 1 is 1.78 bits per heavy atom. The molecular formula is C5H4O2S2. The Bertz CT molecular complexity index is 193. The van der Waals surface area contributed by atoms with E-state index in [1.807, 2.05) is 11.4 Å². The van der Waals surface area contributed by atoms with Crippen molar-refractivity contribution in [2.24, 2.45) is 0 Å². The molecule has 9 heavy (non-hydrogen) atoms. The molecule has 0 bridgehead atoms. The number of thioether (sulfide) groups is 1. The van der Waals surface area contributed by atoms with Gasteiger partial charge in [-0.3, -0.25) is 0 Å². The van der Waals surface area contributed by atoms with Crippen molar-refractivity contribution in [1.82, 2.24) is 0 Å². The highest BCUT2D eigenvalue weighted by Crippen LogP contribution is 2.23. The van der Waals surface area contributed by atoms with Crippen LogP contribution in [0.4, 0.5) is 4.79 Å². The number of thiophene rings is 1. The predicted molar refractivity (Wildman–Crippen MR) is 38.2 cm³/mol. The van der Waals surface area contributed by atoms with Gasteiger partial charge < -0.3 is 5.11 Å². The lowest BCUT2D eigenvalue weighted by Crippen LogP contribution is -1.78. The second-order valence-corrected chi connectivity index (χ2v) is 3.50. The first-order valence-corrected chi connectivity index (χ1v) is 3.93. The Kier molecular flexibility index (Phi) is 2.13. The topological polar surface area (TPSA) is 37.3 Å². The molecule has 0 radical (unpaired) electrons. The first-order valence-electron chi connectivity index (χ1n) is 2.23. The maximum absolute atomic E-state index is 10.0. The second kappa shape index (κ2) is 2.89. The van der Waals surface area contributed by atoms with Crippen LogP contribution in [-0.4, -0.2) is 10.4 Å². The van der Waals surface area contributed by atoms with E-state index in [-0.39, 0.29) is 0 Å². The first-order chi connectivity index (χ1) is 4.29. The summed E-state index contributed by atoms with van der Waals surface area (Å²) in [5.74, 6) is 0. The highest BCUT2D eigenvalue weighted by atomic mass is 32.2. The van der Waals surface area contributed by atoms with Gasteiger partial charge in [0.05, 0.1) is 4.21 Å². The van der Waals surface area contributed by atoms with Crippen molar-refractivity contribution < 1.29 is 9.90 Å². The molecule has 0 unspecified atom stereocenters. The third kappa shape index (κ3) is 2.07. The summed E-state index contributed by atoms with van der Waals surface area (Å²) in [6.45, 7) is 0. The molecule has 0 atom stereocenters. The summed E-state index contributed by atoms with van der Waals surface area (Å²) in [5, 5.41) is 9.26. The molecule has 1 aromatic heterocycles. The van der Waals surface area contributed by atoms with Crippen molar-refractivity contribution in [3.8, 4) is 0 Å². The largest absolute Gasteiger partial charge is 0.473 e. The Hall–Kier alpha value is -0.480. The first kappa shape index (κ1) is 6.64. The summed E-state index contributed by atoms with van der Waals surface area (Å²) < 4.78 is 0.822. The van der Waals surface area contributed by atoms with Crippen LogP contribution in [0.3, 0.4) is 0 Å². The molecule has 1 aromatic rings. The van der Waals surface area contributed by atoms with Gasteiger partial charge in [-0.05, 0) is 11.4 Å². The third-order valence-corrected chi connectivity index (χ3v) is 2.40. The van der Waals surface area contributed by atoms with Gasteiger partial charge in [-0.1, -0.05) is 6.07 Å². The van der Waals surface area contributed by atoms with E-state index in [0.717, 1.165) is 16.0 Å². The zero-order valence-corrected chi connectivity index (χ0v) is 6.04. The summed E-state index contributed by atoms with van der Waals surface area (Å²) in [5.41, 5.74) is 0. The van der Waals surface area contributed by atoms with E-state index in [1.54, 1.807) is 6.07 Å². The fourth-order valence-electron chi connectivity index (χ4n) is 0.408. The van der Waals surface area contributed by atoms with Gasteiger partial charge in [-0.25, -0.2) is 4.79 Å². The molecule has 0 spiro atoms. The fraction of sp³-hybridized carbons (Fsp3) is 0. The van der Waals surface area contributed by atoms with Gasteiger partial charge in [-0.2, -0.15) is 0 Å². The van der Waals surface area contributed by atoms with E-state index in [1.165, 1.54) is 11.3 Å². The van der Waals surface area contributed by atoms with E-state index < -0.39 is 5.30 Å². The molecule has 0 aromatic carbocycles. The molecule has 48 valence electrons. The minimum atomic E-state index is -0.850. The van der Waals surface area contributed by atoms with Crippen LogP contribution in [0.15, 0.2) is 21.7 Å². The zero-order valence-electron chi connectivity index (χ0n) is 4.40. The molecule has 1 rings (SSSR count). The summed E-state index contributed by atoms with van der Waals surface area (Å²) in [4.78, 5) is 10.0. The molecule has 1 heterocycles. The van der Waals surface area contributed by atoms with Crippen LogP contribution in [0, 0.1) is 0 Å². The molecule has 0 aliphatic rings. The number of rotatable bonds is 1. The Balaban J connectivity index is 2.58. The number of carbonyl (C=O) groups is 1. The maximum atomic E-state index is 10.0. The molecule has 0 saturated heterocycles. The molecule has 0 saturated carbocycles. The lowest BCUT2D eigenvalue weighted by atomic mass is 10.7. The highest BCUT2D eigenvalue weighted by molar-refractivity contribution is 8.14. The van der Waals surface area contributed by atoms with Crippen LogP contribution in [-0.2, 0) is 0 Å². The molecule has 0 aliphatic carbocycles. The Labute approximate surface area is 60.5 Å². The SMILES string of the molecule is O=C(O)Sc1cccs1. The third-order valence-electron chi connectivity index (χ3n) is 0.683. The van der Waals surface area contributed by atoms with Crippen LogP contribution in [0.2, 0.25) is 0 Å². The van der Waals surface area contributed by atoms with Crippen LogP contribution >= 0.6 is 23.1 Å². The number of hydrogen-bond acceptors (Lipinski definition) is 3. The molecular weight excluding hydrogens is 156 g/mol. The Morgan fingerprint density at radius 2 is 2.56 bits per heavy atom. The summed E-state index contributed by atoms with van der Waals surface area (Å²) >= 11 is 2.27. The number of hydrogen-bond donors (Lipinski definition) is 1. The van der Waals surface area contributed by atoms with Crippen LogP contribution < -0.4 is 0 Å². The average Bonchev–Trinajstić information content (AvgIpc) is 2.15. The lowest BCUT2D eigenvalue weighted by molar-refractivity contribution is 0.222. The van der Waals surface area contributed by atoms with Gasteiger partial charge in [0, 0.05) is 11.8 Å². The van der Waals surface area contributed by atoms with E-state index in [0.29, 0.717) is 0 Å². The molecule has 0 fully saturated rings. The van der Waals surface area contributed by atoms with E-state index in [4.69, 9.17) is 5.11 Å². The minimum Gasteiger partial charge on any atom is -0.473 e. The van der Waals surface area contributed by atoms with E-state index in [9.17, 15) is 4.79 Å². The van der Waals surface area contributed by atoms with Crippen LogP contribution in [0.5, 0.6) is 0 Å². The van der Waals surface area contributed by atoms with Crippen molar-refractivity contribution in [1.29, 1.82) is 0 Å². The summed E-state index contributed by atoms with van der Waals surface area (Å²) in [6.07, 6.45) is 0. The van der Waals surface area contributed by atoms with Gasteiger partial charge in [0.1, 0.15) is 0 Å². The zero-order chi connectivity index (χ0) is 6.69. The van der Waals surface area contributed by atoms with Crippen molar-refractivity contribution in [3.05, 3.63) is 17.5 Å². The van der Waals surface area contributed by atoms with Gasteiger partial charge in [-0.15, -0.1) is 11.3 Å². The molecule has 0 aliphatic heterocycles. The van der Waals surface area contributed by atoms with Crippen LogP contribution in [0.25, 0.3) is 0 Å². The molecule has 0 amide bonds. The monoisotopic (exact) mass is 160 g/mol. The maximum Gasteiger partial charge on any atom is 0.370 e. The van der Waals surface area contributed by atoms with E-state index >= 15 is 0 Å². The molecule has 2 nitrogen and oxygen atoms in total. The van der Waals surface area contributed by atoms with Gasteiger partial charge >= 0.3 is 5.30 Å². The predicted octanol–water partition coefficient (Wildman–Crippen LogP) is 2.52. The highest BCUT2D eigenvalue weighted by Gasteiger charge is 1.99. The van der Waals surface area contributed by atoms with Crippen molar-refractivity contribution in [2.75, 3.05) is 0 Å². The lowest BCUT2D eigenvalue weighted by Gasteiger charge is -1.84. The quantitative estimate of drug-likeness (QED) is 0.641. The Morgan fingerprint density at radius 3 is 3.00 bits per heavy atom.